The number of ether oxygens (including phenoxy) is 1. The zero-order valence-electron chi connectivity index (χ0n) is 13.4. The van der Waals surface area contributed by atoms with Crippen LogP contribution in [0.25, 0.3) is 10.6 Å². The van der Waals surface area contributed by atoms with Crippen molar-refractivity contribution in [2.45, 2.75) is 46.1 Å². The first-order chi connectivity index (χ1) is 9.82. The summed E-state index contributed by atoms with van der Waals surface area (Å²) in [6.07, 6.45) is 0. The van der Waals surface area contributed by atoms with E-state index in [2.05, 4.69) is 26.0 Å². The number of hydrogen-bond acceptors (Lipinski definition) is 4. The maximum atomic E-state index is 6.30. The molecule has 2 rings (SSSR count). The number of nitrogens with two attached hydrogens (primary N) is 1. The zero-order chi connectivity index (χ0) is 15.6. The summed E-state index contributed by atoms with van der Waals surface area (Å²) < 4.78 is 5.48. The van der Waals surface area contributed by atoms with Crippen LogP contribution in [0.15, 0.2) is 24.3 Å². The average Bonchev–Trinajstić information content (AvgIpc) is 2.85. The summed E-state index contributed by atoms with van der Waals surface area (Å²) >= 11 is 1.69. The molecule has 0 radical (unpaired) electrons. The van der Waals surface area contributed by atoms with Gasteiger partial charge in [-0.05, 0) is 51.0 Å². The van der Waals surface area contributed by atoms with Crippen LogP contribution in [0.2, 0.25) is 0 Å². The first-order valence-corrected chi connectivity index (χ1v) is 8.18. The summed E-state index contributed by atoms with van der Waals surface area (Å²) in [7, 11) is 0. The molecular weight excluding hydrogens is 280 g/mol. The van der Waals surface area contributed by atoms with Crippen molar-refractivity contribution in [2.24, 2.45) is 5.73 Å². The van der Waals surface area contributed by atoms with E-state index in [1.165, 1.54) is 4.88 Å². The molecule has 4 heteroatoms. The topological polar surface area (TPSA) is 48.1 Å². The molecule has 1 heterocycles. The Morgan fingerprint density at radius 1 is 1.24 bits per heavy atom. The van der Waals surface area contributed by atoms with Gasteiger partial charge in [-0.1, -0.05) is 13.8 Å². The minimum absolute atomic E-state index is 0.360. The number of hydrogen-bond donors (Lipinski definition) is 1. The fourth-order valence-corrected chi connectivity index (χ4v) is 3.41. The summed E-state index contributed by atoms with van der Waals surface area (Å²) in [6, 6.07) is 8.09. The lowest BCUT2D eigenvalue weighted by Gasteiger charge is -2.19. The second-order valence-corrected chi connectivity index (χ2v) is 7.07. The maximum Gasteiger partial charge on any atom is 0.123 e. The molecule has 0 saturated heterocycles. The number of thiazole rings is 1. The third-order valence-corrected chi connectivity index (χ3v) is 4.66. The Kier molecular flexibility index (Phi) is 4.69. The lowest BCUT2D eigenvalue weighted by molar-refractivity contribution is 0.340. The lowest BCUT2D eigenvalue weighted by Crippen LogP contribution is -2.28. The van der Waals surface area contributed by atoms with Gasteiger partial charge in [-0.2, -0.15) is 0 Å². The van der Waals surface area contributed by atoms with Crippen LogP contribution in [0, 0.1) is 0 Å². The fourth-order valence-electron chi connectivity index (χ4n) is 2.17. The lowest BCUT2D eigenvalue weighted by atomic mass is 9.98. The molecular formula is C17H24N2OS. The Labute approximate surface area is 131 Å². The van der Waals surface area contributed by atoms with Crippen LogP contribution >= 0.6 is 11.3 Å². The first-order valence-electron chi connectivity index (χ1n) is 7.36. The van der Waals surface area contributed by atoms with Crippen molar-refractivity contribution in [2.75, 3.05) is 6.61 Å². The molecule has 1 aromatic heterocycles. The van der Waals surface area contributed by atoms with Crippen LogP contribution in [0.3, 0.4) is 0 Å². The Morgan fingerprint density at radius 3 is 2.29 bits per heavy atom. The minimum Gasteiger partial charge on any atom is -0.494 e. The summed E-state index contributed by atoms with van der Waals surface area (Å²) in [5, 5.41) is 1.02. The molecule has 0 aliphatic carbocycles. The fraction of sp³-hybridized carbons (Fsp3) is 0.471. The van der Waals surface area contributed by atoms with E-state index in [1.54, 1.807) is 11.3 Å². The number of benzene rings is 1. The van der Waals surface area contributed by atoms with Gasteiger partial charge in [-0.25, -0.2) is 4.98 Å². The van der Waals surface area contributed by atoms with Gasteiger partial charge in [0.15, 0.2) is 0 Å². The van der Waals surface area contributed by atoms with E-state index >= 15 is 0 Å². The van der Waals surface area contributed by atoms with E-state index in [1.807, 2.05) is 32.9 Å². The summed E-state index contributed by atoms with van der Waals surface area (Å²) in [6.45, 7) is 11.1. The van der Waals surface area contributed by atoms with Crippen molar-refractivity contribution in [3.8, 4) is 16.3 Å². The SMILES string of the molecule is CCOc1ccc(-c2nc(C(C)C)c(C(C)(C)N)s2)cc1. The molecule has 0 atom stereocenters. The van der Waals surface area contributed by atoms with Gasteiger partial charge >= 0.3 is 0 Å². The first kappa shape index (κ1) is 16.0. The molecule has 0 saturated carbocycles. The van der Waals surface area contributed by atoms with Gasteiger partial charge in [0.05, 0.1) is 12.3 Å². The van der Waals surface area contributed by atoms with E-state index in [4.69, 9.17) is 15.5 Å². The van der Waals surface area contributed by atoms with Gasteiger partial charge in [0.25, 0.3) is 0 Å². The van der Waals surface area contributed by atoms with E-state index in [9.17, 15) is 0 Å². The van der Waals surface area contributed by atoms with Crippen molar-refractivity contribution in [3.63, 3.8) is 0 Å². The summed E-state index contributed by atoms with van der Waals surface area (Å²) in [5.74, 6) is 1.26. The minimum atomic E-state index is -0.360. The van der Waals surface area contributed by atoms with Gasteiger partial charge in [-0.3, -0.25) is 0 Å². The molecule has 1 aromatic carbocycles. The Hall–Kier alpha value is -1.39. The van der Waals surface area contributed by atoms with Crippen molar-refractivity contribution in [3.05, 3.63) is 34.8 Å². The van der Waals surface area contributed by atoms with Crippen molar-refractivity contribution in [1.82, 2.24) is 4.98 Å². The number of rotatable bonds is 5. The zero-order valence-corrected chi connectivity index (χ0v) is 14.3. The number of nitrogens with zero attached hydrogens (tertiary/aromatic N) is 1. The average molecular weight is 304 g/mol. The summed E-state index contributed by atoms with van der Waals surface area (Å²) in [5.41, 5.74) is 8.16. The smallest absolute Gasteiger partial charge is 0.123 e. The highest BCUT2D eigenvalue weighted by Gasteiger charge is 2.25. The Bertz CT molecular complexity index is 594. The third-order valence-electron chi connectivity index (χ3n) is 3.20. The molecule has 0 unspecified atom stereocenters. The van der Waals surface area contributed by atoms with Crippen LogP contribution in [-0.2, 0) is 5.54 Å². The highest BCUT2D eigenvalue weighted by molar-refractivity contribution is 7.15. The molecule has 0 aliphatic rings. The van der Waals surface area contributed by atoms with Crippen molar-refractivity contribution >= 4 is 11.3 Å². The van der Waals surface area contributed by atoms with Gasteiger partial charge in [0.2, 0.25) is 0 Å². The molecule has 0 amide bonds. The highest BCUT2D eigenvalue weighted by atomic mass is 32.1. The largest absolute Gasteiger partial charge is 0.494 e. The molecule has 0 bridgehead atoms. The molecule has 0 aliphatic heterocycles. The standard InChI is InChI=1S/C17H24N2OS/c1-6-20-13-9-7-12(8-10-13)16-19-14(11(2)3)15(21-16)17(4,5)18/h7-11H,6,18H2,1-5H3. The molecule has 21 heavy (non-hydrogen) atoms. The predicted octanol–water partition coefficient (Wildman–Crippen LogP) is 4.53. The van der Waals surface area contributed by atoms with Crippen LogP contribution < -0.4 is 10.5 Å². The van der Waals surface area contributed by atoms with Crippen LogP contribution in [0.4, 0.5) is 0 Å². The van der Waals surface area contributed by atoms with E-state index in [0.29, 0.717) is 12.5 Å². The van der Waals surface area contributed by atoms with Gasteiger partial charge < -0.3 is 10.5 Å². The molecule has 2 N–H and O–H groups in total. The molecule has 0 spiro atoms. The highest BCUT2D eigenvalue weighted by Crippen LogP contribution is 2.37. The second kappa shape index (κ2) is 6.16. The number of aromatic nitrogens is 1. The summed E-state index contributed by atoms with van der Waals surface area (Å²) in [4.78, 5) is 5.99. The maximum absolute atomic E-state index is 6.30. The monoisotopic (exact) mass is 304 g/mol. The molecule has 2 aromatic rings. The van der Waals surface area contributed by atoms with Crippen molar-refractivity contribution < 1.29 is 4.74 Å². The van der Waals surface area contributed by atoms with Crippen molar-refractivity contribution in [1.29, 1.82) is 0 Å². The Balaban J connectivity index is 2.40. The van der Waals surface area contributed by atoms with Crippen LogP contribution in [0.5, 0.6) is 5.75 Å². The molecule has 114 valence electrons. The quantitative estimate of drug-likeness (QED) is 0.883. The molecule has 3 nitrogen and oxygen atoms in total. The van der Waals surface area contributed by atoms with Crippen LogP contribution in [-0.4, -0.2) is 11.6 Å². The predicted molar refractivity (Wildman–Crippen MR) is 90.0 cm³/mol. The van der Waals surface area contributed by atoms with E-state index in [-0.39, 0.29) is 5.54 Å². The van der Waals surface area contributed by atoms with Gasteiger partial charge in [0.1, 0.15) is 10.8 Å². The second-order valence-electron chi connectivity index (χ2n) is 6.07. The molecule has 0 fully saturated rings. The van der Waals surface area contributed by atoms with Crippen LogP contribution in [0.1, 0.15) is 51.1 Å². The Morgan fingerprint density at radius 2 is 1.86 bits per heavy atom. The third kappa shape index (κ3) is 3.63. The van der Waals surface area contributed by atoms with E-state index < -0.39 is 0 Å². The van der Waals surface area contributed by atoms with E-state index in [0.717, 1.165) is 22.0 Å². The normalized spacial score (nSPS) is 12.0. The van der Waals surface area contributed by atoms with Gasteiger partial charge in [0, 0.05) is 16.0 Å². The van der Waals surface area contributed by atoms with Gasteiger partial charge in [-0.15, -0.1) is 11.3 Å².